The van der Waals surface area contributed by atoms with E-state index in [0.29, 0.717) is 25.2 Å². The third kappa shape index (κ3) is 7.05. The van der Waals surface area contributed by atoms with Crippen molar-refractivity contribution >= 4 is 17.6 Å². The van der Waals surface area contributed by atoms with Crippen molar-refractivity contribution < 1.29 is 18.7 Å². The molecule has 0 unspecified atom stereocenters. The minimum atomic E-state index is -0.416. The Labute approximate surface area is 239 Å². The maximum atomic E-state index is 13.5. The average Bonchev–Trinajstić information content (AvgIpc) is 3.28. The molecule has 2 heterocycles. The van der Waals surface area contributed by atoms with Gasteiger partial charge in [0.15, 0.2) is 5.82 Å². The molecule has 1 saturated heterocycles. The third-order valence-corrected chi connectivity index (χ3v) is 7.11. The number of hydrogen-bond acceptors (Lipinski definition) is 6. The predicted octanol–water partition coefficient (Wildman–Crippen LogP) is 4.67. The van der Waals surface area contributed by atoms with E-state index >= 15 is 0 Å². The molecule has 0 atom stereocenters. The van der Waals surface area contributed by atoms with Gasteiger partial charge in [0.25, 0.3) is 5.91 Å². The summed E-state index contributed by atoms with van der Waals surface area (Å²) in [5.41, 5.74) is 2.93. The van der Waals surface area contributed by atoms with Crippen LogP contribution in [0.2, 0.25) is 0 Å². The lowest BCUT2D eigenvalue weighted by Gasteiger charge is -2.27. The van der Waals surface area contributed by atoms with Crippen LogP contribution in [-0.4, -0.2) is 71.6 Å². The standard InChI is InChI=1S/C32H32FN5O3/c1-41-28-10-5-9-26(21-28)29-15-16-30(35-34-29)36-17-6-18-37(20-19-36)31(39)23-38(22-24-7-3-2-4-8-24)32(40)25-11-13-27(33)14-12-25/h2-5,7-16,21H,6,17-20,22-23H2,1H3. The zero-order chi connectivity index (χ0) is 28.6. The summed E-state index contributed by atoms with van der Waals surface area (Å²) in [4.78, 5) is 32.3. The van der Waals surface area contributed by atoms with Gasteiger partial charge in [-0.25, -0.2) is 4.39 Å². The van der Waals surface area contributed by atoms with Gasteiger partial charge in [-0.2, -0.15) is 0 Å². The van der Waals surface area contributed by atoms with E-state index in [4.69, 9.17) is 4.74 Å². The van der Waals surface area contributed by atoms with E-state index in [2.05, 4.69) is 15.1 Å². The Morgan fingerprint density at radius 3 is 2.41 bits per heavy atom. The first-order valence-electron chi connectivity index (χ1n) is 13.6. The molecule has 0 aliphatic carbocycles. The molecule has 0 N–H and O–H groups in total. The molecule has 3 aromatic carbocycles. The number of halogens is 1. The van der Waals surface area contributed by atoms with Crippen molar-refractivity contribution in [3.63, 3.8) is 0 Å². The number of ether oxygens (including phenoxy) is 1. The number of amides is 2. The number of rotatable bonds is 8. The smallest absolute Gasteiger partial charge is 0.254 e. The van der Waals surface area contributed by atoms with Crippen LogP contribution in [0.1, 0.15) is 22.3 Å². The van der Waals surface area contributed by atoms with Crippen molar-refractivity contribution in [2.24, 2.45) is 0 Å². The molecule has 2 amide bonds. The molecule has 4 aromatic rings. The highest BCUT2D eigenvalue weighted by molar-refractivity contribution is 5.96. The highest BCUT2D eigenvalue weighted by Gasteiger charge is 2.25. The van der Waals surface area contributed by atoms with E-state index in [1.165, 1.54) is 29.2 Å². The maximum absolute atomic E-state index is 13.5. The SMILES string of the molecule is COc1cccc(-c2ccc(N3CCCN(C(=O)CN(Cc4ccccc4)C(=O)c4ccc(F)cc4)CC3)nn2)c1. The fourth-order valence-corrected chi connectivity index (χ4v) is 4.87. The summed E-state index contributed by atoms with van der Waals surface area (Å²) >= 11 is 0. The Bertz CT molecular complexity index is 1470. The first-order valence-corrected chi connectivity index (χ1v) is 13.6. The van der Waals surface area contributed by atoms with Crippen LogP contribution in [0, 0.1) is 5.82 Å². The van der Waals surface area contributed by atoms with E-state index < -0.39 is 5.82 Å². The Morgan fingerprint density at radius 2 is 1.68 bits per heavy atom. The summed E-state index contributed by atoms with van der Waals surface area (Å²) in [5.74, 6) is 0.652. The van der Waals surface area contributed by atoms with Crippen LogP contribution < -0.4 is 9.64 Å². The number of methoxy groups -OCH3 is 1. The Kier molecular flexibility index (Phi) is 8.83. The minimum absolute atomic E-state index is 0.0693. The summed E-state index contributed by atoms with van der Waals surface area (Å²) < 4.78 is 18.8. The molecule has 1 fully saturated rings. The number of aromatic nitrogens is 2. The van der Waals surface area contributed by atoms with Crippen LogP contribution in [0.4, 0.5) is 10.2 Å². The van der Waals surface area contributed by atoms with Gasteiger partial charge in [-0.3, -0.25) is 9.59 Å². The second kappa shape index (κ2) is 13.0. The van der Waals surface area contributed by atoms with E-state index in [0.717, 1.165) is 41.4 Å². The highest BCUT2D eigenvalue weighted by atomic mass is 19.1. The number of carbonyl (C=O) groups is 2. The van der Waals surface area contributed by atoms with Crippen LogP contribution in [0.3, 0.4) is 0 Å². The molecule has 1 aliphatic heterocycles. The molecule has 1 aromatic heterocycles. The molecule has 0 saturated carbocycles. The summed E-state index contributed by atoms with van der Waals surface area (Å²) in [6.07, 6.45) is 0.760. The van der Waals surface area contributed by atoms with Crippen molar-refractivity contribution in [3.05, 3.63) is 108 Å². The first-order chi connectivity index (χ1) is 20.0. The topological polar surface area (TPSA) is 78.9 Å². The molecule has 9 heteroatoms. The molecule has 8 nitrogen and oxygen atoms in total. The van der Waals surface area contributed by atoms with Gasteiger partial charge in [0.05, 0.1) is 12.8 Å². The molecular weight excluding hydrogens is 521 g/mol. The van der Waals surface area contributed by atoms with Crippen molar-refractivity contribution in [1.29, 1.82) is 0 Å². The van der Waals surface area contributed by atoms with Crippen LogP contribution in [0.5, 0.6) is 5.75 Å². The fraction of sp³-hybridized carbons (Fsp3) is 0.250. The lowest BCUT2D eigenvalue weighted by Crippen LogP contribution is -2.44. The van der Waals surface area contributed by atoms with Crippen LogP contribution >= 0.6 is 0 Å². The van der Waals surface area contributed by atoms with Gasteiger partial charge in [0.2, 0.25) is 5.91 Å². The molecular formula is C32H32FN5O3. The largest absolute Gasteiger partial charge is 0.497 e. The summed E-state index contributed by atoms with van der Waals surface area (Å²) in [6.45, 7) is 2.62. The Hall–Kier alpha value is -4.79. The van der Waals surface area contributed by atoms with Crippen LogP contribution in [-0.2, 0) is 11.3 Å². The third-order valence-electron chi connectivity index (χ3n) is 7.11. The number of benzene rings is 3. The first kappa shape index (κ1) is 27.8. The quantitative estimate of drug-likeness (QED) is 0.316. The van der Waals surface area contributed by atoms with E-state index in [-0.39, 0.29) is 24.9 Å². The van der Waals surface area contributed by atoms with Crippen molar-refractivity contribution in [2.75, 3.05) is 44.7 Å². The zero-order valence-electron chi connectivity index (χ0n) is 22.9. The van der Waals surface area contributed by atoms with Gasteiger partial charge in [0, 0.05) is 43.9 Å². The summed E-state index contributed by atoms with van der Waals surface area (Å²) in [5, 5.41) is 8.88. The summed E-state index contributed by atoms with van der Waals surface area (Å²) in [7, 11) is 1.63. The zero-order valence-corrected chi connectivity index (χ0v) is 22.9. The normalized spacial score (nSPS) is 13.4. The van der Waals surface area contributed by atoms with E-state index in [1.54, 1.807) is 12.0 Å². The van der Waals surface area contributed by atoms with Crippen molar-refractivity contribution in [3.8, 4) is 17.0 Å². The monoisotopic (exact) mass is 553 g/mol. The van der Waals surface area contributed by atoms with E-state index in [1.807, 2.05) is 66.7 Å². The Balaban J connectivity index is 1.24. The number of hydrogen-bond donors (Lipinski definition) is 0. The number of anilines is 1. The average molecular weight is 554 g/mol. The second-order valence-corrected chi connectivity index (χ2v) is 9.88. The second-order valence-electron chi connectivity index (χ2n) is 9.88. The van der Waals surface area contributed by atoms with Crippen LogP contribution in [0.15, 0.2) is 91.0 Å². The van der Waals surface area contributed by atoms with Gasteiger partial charge in [-0.15, -0.1) is 10.2 Å². The maximum Gasteiger partial charge on any atom is 0.254 e. The number of carbonyl (C=O) groups excluding carboxylic acids is 2. The molecule has 210 valence electrons. The molecule has 0 radical (unpaired) electrons. The minimum Gasteiger partial charge on any atom is -0.497 e. The molecule has 41 heavy (non-hydrogen) atoms. The molecule has 0 bridgehead atoms. The van der Waals surface area contributed by atoms with Gasteiger partial charge in [0.1, 0.15) is 18.1 Å². The molecule has 0 spiro atoms. The summed E-state index contributed by atoms with van der Waals surface area (Å²) in [6, 6.07) is 26.5. The van der Waals surface area contributed by atoms with Crippen LogP contribution in [0.25, 0.3) is 11.3 Å². The van der Waals surface area contributed by atoms with Gasteiger partial charge >= 0.3 is 0 Å². The fourth-order valence-electron chi connectivity index (χ4n) is 4.87. The molecule has 1 aliphatic rings. The van der Waals surface area contributed by atoms with Gasteiger partial charge in [-0.1, -0.05) is 42.5 Å². The van der Waals surface area contributed by atoms with Crippen molar-refractivity contribution in [1.82, 2.24) is 20.0 Å². The highest BCUT2D eigenvalue weighted by Crippen LogP contribution is 2.23. The van der Waals surface area contributed by atoms with Crippen molar-refractivity contribution in [2.45, 2.75) is 13.0 Å². The van der Waals surface area contributed by atoms with Gasteiger partial charge < -0.3 is 19.4 Å². The molecule has 5 rings (SSSR count). The Morgan fingerprint density at radius 1 is 0.878 bits per heavy atom. The van der Waals surface area contributed by atoms with Gasteiger partial charge in [-0.05, 0) is 60.5 Å². The van der Waals surface area contributed by atoms with E-state index in [9.17, 15) is 14.0 Å². The predicted molar refractivity (Wildman–Crippen MR) is 155 cm³/mol. The lowest BCUT2D eigenvalue weighted by molar-refractivity contribution is -0.131. The number of nitrogens with zero attached hydrogens (tertiary/aromatic N) is 5. The lowest BCUT2D eigenvalue weighted by atomic mass is 10.1.